The number of halogens is 2. The summed E-state index contributed by atoms with van der Waals surface area (Å²) in [5.41, 5.74) is 0. The van der Waals surface area contributed by atoms with E-state index in [0.29, 0.717) is 6.04 Å². The molecule has 0 amide bonds. The molecular weight excluding hydrogens is 198 g/mol. The highest BCUT2D eigenvalue weighted by molar-refractivity contribution is 4.81. The number of rotatable bonds is 8. The molecule has 0 aliphatic carbocycles. The number of alkyl halides is 2. The minimum Gasteiger partial charge on any atom is -0.315 e. The highest BCUT2D eigenvalue weighted by atomic mass is 19.3. The van der Waals surface area contributed by atoms with Crippen LogP contribution in [-0.2, 0) is 0 Å². The lowest BCUT2D eigenvalue weighted by molar-refractivity contribution is 0.0686. The summed E-state index contributed by atoms with van der Waals surface area (Å²) in [7, 11) is 3.68. The molecule has 0 bridgehead atoms. The summed E-state index contributed by atoms with van der Waals surface area (Å²) in [6, 6.07) is 0.507. The first-order valence-corrected chi connectivity index (χ1v) is 5.72. The van der Waals surface area contributed by atoms with Gasteiger partial charge in [0.05, 0.1) is 6.54 Å². The molecule has 0 fully saturated rings. The third-order valence-electron chi connectivity index (χ3n) is 2.85. The van der Waals surface area contributed by atoms with Crippen molar-refractivity contribution in [3.63, 3.8) is 0 Å². The average molecular weight is 222 g/mol. The Morgan fingerprint density at radius 2 is 1.87 bits per heavy atom. The van der Waals surface area contributed by atoms with Gasteiger partial charge in [0, 0.05) is 12.1 Å². The number of hydrogen-bond donors (Lipinski definition) is 1. The van der Waals surface area contributed by atoms with Crippen LogP contribution in [0.2, 0.25) is 0 Å². The topological polar surface area (TPSA) is 15.3 Å². The van der Waals surface area contributed by atoms with Gasteiger partial charge in [-0.1, -0.05) is 20.3 Å². The molecule has 0 heterocycles. The molecule has 0 aliphatic heterocycles. The van der Waals surface area contributed by atoms with Crippen molar-refractivity contribution in [2.45, 2.75) is 51.6 Å². The monoisotopic (exact) mass is 222 g/mol. The Bertz CT molecular complexity index is 154. The van der Waals surface area contributed by atoms with E-state index in [-0.39, 0.29) is 12.6 Å². The van der Waals surface area contributed by atoms with Gasteiger partial charge in [-0.15, -0.1) is 0 Å². The van der Waals surface area contributed by atoms with Crippen LogP contribution < -0.4 is 5.32 Å². The zero-order valence-electron chi connectivity index (χ0n) is 10.3. The van der Waals surface area contributed by atoms with Crippen molar-refractivity contribution in [3.05, 3.63) is 0 Å². The van der Waals surface area contributed by atoms with Gasteiger partial charge in [0.1, 0.15) is 0 Å². The number of likely N-dealkylation sites (N-methyl/N-ethyl adjacent to an activating group) is 2. The molecule has 2 atom stereocenters. The molecule has 0 aromatic rings. The maximum atomic E-state index is 12.3. The average Bonchev–Trinajstić information content (AvgIpc) is 2.16. The molecule has 0 rings (SSSR count). The van der Waals surface area contributed by atoms with E-state index in [0.717, 1.165) is 19.3 Å². The smallest absolute Gasteiger partial charge is 0.251 e. The van der Waals surface area contributed by atoms with E-state index in [1.807, 2.05) is 14.0 Å². The lowest BCUT2D eigenvalue weighted by Gasteiger charge is -2.33. The molecule has 0 aromatic carbocycles. The fourth-order valence-electron chi connectivity index (χ4n) is 2.10. The van der Waals surface area contributed by atoms with Gasteiger partial charge < -0.3 is 5.32 Å². The molecular formula is C11H24F2N2. The van der Waals surface area contributed by atoms with Crippen molar-refractivity contribution in [2.24, 2.45) is 0 Å². The molecule has 0 radical (unpaired) electrons. The van der Waals surface area contributed by atoms with Gasteiger partial charge >= 0.3 is 0 Å². The van der Waals surface area contributed by atoms with E-state index in [9.17, 15) is 8.78 Å². The molecule has 0 aliphatic rings. The van der Waals surface area contributed by atoms with E-state index in [2.05, 4.69) is 12.2 Å². The minimum atomic E-state index is -2.25. The summed E-state index contributed by atoms with van der Waals surface area (Å²) in [5.74, 6) is 0. The third kappa shape index (κ3) is 5.42. The van der Waals surface area contributed by atoms with Crippen molar-refractivity contribution in [3.8, 4) is 0 Å². The Morgan fingerprint density at radius 1 is 1.27 bits per heavy atom. The molecule has 1 N–H and O–H groups in total. The summed E-state index contributed by atoms with van der Waals surface area (Å²) < 4.78 is 24.5. The van der Waals surface area contributed by atoms with Gasteiger partial charge in [-0.2, -0.15) is 0 Å². The van der Waals surface area contributed by atoms with E-state index in [1.54, 1.807) is 11.9 Å². The summed E-state index contributed by atoms with van der Waals surface area (Å²) >= 11 is 0. The fourth-order valence-corrected chi connectivity index (χ4v) is 2.10. The van der Waals surface area contributed by atoms with Crippen LogP contribution in [0.5, 0.6) is 0 Å². The van der Waals surface area contributed by atoms with E-state index < -0.39 is 6.43 Å². The lowest BCUT2D eigenvalue weighted by Crippen LogP contribution is -2.48. The Kier molecular flexibility index (Phi) is 7.88. The van der Waals surface area contributed by atoms with Crippen LogP contribution in [0.1, 0.15) is 33.1 Å². The van der Waals surface area contributed by atoms with Crippen molar-refractivity contribution < 1.29 is 8.78 Å². The third-order valence-corrected chi connectivity index (χ3v) is 2.85. The number of nitrogens with zero attached hydrogens (tertiary/aromatic N) is 1. The van der Waals surface area contributed by atoms with Crippen LogP contribution in [0, 0.1) is 0 Å². The molecule has 4 heteroatoms. The first-order valence-electron chi connectivity index (χ1n) is 5.72. The lowest BCUT2D eigenvalue weighted by atomic mass is 10.00. The van der Waals surface area contributed by atoms with E-state index in [4.69, 9.17) is 0 Å². The minimum absolute atomic E-state index is 0.138. The van der Waals surface area contributed by atoms with Gasteiger partial charge in [-0.05, 0) is 26.9 Å². The molecule has 0 aromatic heterocycles. The van der Waals surface area contributed by atoms with Gasteiger partial charge in [-0.25, -0.2) is 8.78 Å². The largest absolute Gasteiger partial charge is 0.315 e. The van der Waals surface area contributed by atoms with Gasteiger partial charge in [0.15, 0.2) is 0 Å². The van der Waals surface area contributed by atoms with Crippen molar-refractivity contribution in [1.82, 2.24) is 10.2 Å². The van der Waals surface area contributed by atoms with Gasteiger partial charge in [0.2, 0.25) is 0 Å². The van der Waals surface area contributed by atoms with Crippen LogP contribution in [-0.4, -0.2) is 44.0 Å². The van der Waals surface area contributed by atoms with Crippen LogP contribution in [0.3, 0.4) is 0 Å². The van der Waals surface area contributed by atoms with Crippen molar-refractivity contribution in [1.29, 1.82) is 0 Å². The van der Waals surface area contributed by atoms with E-state index >= 15 is 0 Å². The number of nitrogens with one attached hydrogen (secondary N) is 1. The van der Waals surface area contributed by atoms with Crippen LogP contribution in [0.15, 0.2) is 0 Å². The second-order valence-electron chi connectivity index (χ2n) is 3.99. The maximum Gasteiger partial charge on any atom is 0.251 e. The Balaban J connectivity index is 4.28. The summed E-state index contributed by atoms with van der Waals surface area (Å²) in [4.78, 5) is 1.77. The van der Waals surface area contributed by atoms with Gasteiger partial charge in [0.25, 0.3) is 6.43 Å². The summed E-state index contributed by atoms with van der Waals surface area (Å²) in [6.07, 6.45) is 0.755. The fraction of sp³-hybridized carbons (Fsp3) is 1.00. The highest BCUT2D eigenvalue weighted by Gasteiger charge is 2.23. The number of hydrogen-bond acceptors (Lipinski definition) is 2. The van der Waals surface area contributed by atoms with E-state index in [1.165, 1.54) is 0 Å². The molecule has 92 valence electrons. The van der Waals surface area contributed by atoms with Gasteiger partial charge in [-0.3, -0.25) is 4.90 Å². The molecule has 0 spiro atoms. The quantitative estimate of drug-likeness (QED) is 0.678. The van der Waals surface area contributed by atoms with Crippen LogP contribution in [0.25, 0.3) is 0 Å². The Hall–Kier alpha value is -0.220. The molecule has 2 unspecified atom stereocenters. The second-order valence-corrected chi connectivity index (χ2v) is 3.99. The Morgan fingerprint density at radius 3 is 2.20 bits per heavy atom. The van der Waals surface area contributed by atoms with Crippen molar-refractivity contribution >= 4 is 0 Å². The van der Waals surface area contributed by atoms with Crippen LogP contribution in [0.4, 0.5) is 8.78 Å². The summed E-state index contributed by atoms with van der Waals surface area (Å²) in [6.45, 7) is 4.03. The predicted octanol–water partition coefficient (Wildman–Crippen LogP) is 2.35. The second kappa shape index (κ2) is 7.99. The zero-order valence-corrected chi connectivity index (χ0v) is 10.3. The highest BCUT2D eigenvalue weighted by Crippen LogP contribution is 2.13. The van der Waals surface area contributed by atoms with Crippen LogP contribution >= 0.6 is 0 Å². The molecule has 0 saturated heterocycles. The molecule has 0 saturated carbocycles. The SMILES string of the molecule is CCCC(NC)C(CC)N(C)CC(F)F. The molecule has 2 nitrogen and oxygen atoms in total. The zero-order chi connectivity index (χ0) is 11.8. The standard InChI is InChI=1S/C11H24F2N2/c1-5-7-9(14-3)10(6-2)15(4)8-11(12)13/h9-11,14H,5-8H2,1-4H3. The normalized spacial score (nSPS) is 16.0. The first-order chi connectivity index (χ1) is 7.06. The predicted molar refractivity (Wildman–Crippen MR) is 60.5 cm³/mol. The summed E-state index contributed by atoms with van der Waals surface area (Å²) in [5, 5.41) is 3.22. The first kappa shape index (κ1) is 14.8. The molecule has 15 heavy (non-hydrogen) atoms. The Labute approximate surface area is 92.0 Å². The van der Waals surface area contributed by atoms with Crippen molar-refractivity contribution in [2.75, 3.05) is 20.6 Å². The maximum absolute atomic E-state index is 12.3.